The number of benzene rings is 2. The van der Waals surface area contributed by atoms with Gasteiger partial charge in [-0.15, -0.1) is 0 Å². The van der Waals surface area contributed by atoms with Gasteiger partial charge in [-0.3, -0.25) is 14.6 Å². The molecule has 5 heteroatoms. The van der Waals surface area contributed by atoms with Crippen LogP contribution < -0.4 is 5.56 Å². The first-order valence-corrected chi connectivity index (χ1v) is 10.7. The summed E-state index contributed by atoms with van der Waals surface area (Å²) in [6.07, 6.45) is 3.92. The largest absolute Gasteiger partial charge is 0.334 e. The number of rotatable bonds is 3. The Labute approximate surface area is 186 Å². The molecule has 0 saturated heterocycles. The molecule has 0 unspecified atom stereocenters. The fourth-order valence-electron chi connectivity index (χ4n) is 4.38. The monoisotopic (exact) mass is 421 g/mol. The summed E-state index contributed by atoms with van der Waals surface area (Å²) in [7, 11) is 1.83. The van der Waals surface area contributed by atoms with Crippen molar-refractivity contribution in [3.05, 3.63) is 112 Å². The molecule has 0 bridgehead atoms. The van der Waals surface area contributed by atoms with Crippen LogP contribution in [0.2, 0.25) is 0 Å². The van der Waals surface area contributed by atoms with E-state index >= 15 is 0 Å². The summed E-state index contributed by atoms with van der Waals surface area (Å²) in [5.74, 6) is -0.0143. The number of hydrogen-bond acceptors (Lipinski definition) is 3. The van der Waals surface area contributed by atoms with Gasteiger partial charge in [-0.1, -0.05) is 48.5 Å². The lowest BCUT2D eigenvalue weighted by Crippen LogP contribution is -2.39. The fourth-order valence-corrected chi connectivity index (χ4v) is 4.38. The van der Waals surface area contributed by atoms with Gasteiger partial charge >= 0.3 is 0 Å². The zero-order valence-corrected chi connectivity index (χ0v) is 17.9. The highest BCUT2D eigenvalue weighted by atomic mass is 16.2. The highest BCUT2D eigenvalue weighted by molar-refractivity contribution is 5.94. The Morgan fingerprint density at radius 3 is 2.38 bits per heavy atom. The Morgan fingerprint density at radius 2 is 1.59 bits per heavy atom. The van der Waals surface area contributed by atoms with E-state index < -0.39 is 0 Å². The quantitative estimate of drug-likeness (QED) is 0.495. The topological polar surface area (TPSA) is 55.2 Å². The third-order valence-electron chi connectivity index (χ3n) is 6.10. The average molecular weight is 422 g/mol. The summed E-state index contributed by atoms with van der Waals surface area (Å²) in [4.78, 5) is 32.0. The Hall–Kier alpha value is -3.99. The third-order valence-corrected chi connectivity index (χ3v) is 6.10. The number of carbonyl (C=O) groups is 1. The van der Waals surface area contributed by atoms with Gasteiger partial charge in [-0.05, 0) is 46.5 Å². The van der Waals surface area contributed by atoms with Gasteiger partial charge in [0.25, 0.3) is 11.5 Å². The molecule has 2 aromatic carbocycles. The molecule has 0 fully saturated rings. The minimum atomic E-state index is -0.0143. The number of nitrogens with zero attached hydrogens (tertiary/aromatic N) is 3. The van der Waals surface area contributed by atoms with E-state index in [1.165, 1.54) is 0 Å². The summed E-state index contributed by atoms with van der Waals surface area (Å²) in [6, 6.07) is 23.6. The van der Waals surface area contributed by atoms with Crippen molar-refractivity contribution >= 4 is 5.91 Å². The minimum absolute atomic E-state index is 0.0112. The lowest BCUT2D eigenvalue weighted by atomic mass is 9.96. The normalized spacial score (nSPS) is 13.0. The zero-order chi connectivity index (χ0) is 22.1. The third kappa shape index (κ3) is 3.62. The van der Waals surface area contributed by atoms with Gasteiger partial charge in [0, 0.05) is 55.8 Å². The highest BCUT2D eigenvalue weighted by Gasteiger charge is 2.25. The second-order valence-corrected chi connectivity index (χ2v) is 8.05. The summed E-state index contributed by atoms with van der Waals surface area (Å²) in [6.45, 7) is 1.07. The molecule has 1 aliphatic rings. The Bertz CT molecular complexity index is 1340. The van der Waals surface area contributed by atoms with E-state index in [1.54, 1.807) is 29.1 Å². The predicted octanol–water partition coefficient (Wildman–Crippen LogP) is 4.31. The molecule has 0 radical (unpaired) electrons. The Morgan fingerprint density at radius 1 is 0.875 bits per heavy atom. The lowest BCUT2D eigenvalue weighted by molar-refractivity contribution is 0.0732. The van der Waals surface area contributed by atoms with Crippen LogP contribution >= 0.6 is 0 Å². The number of amides is 1. The number of pyridine rings is 2. The van der Waals surface area contributed by atoms with Gasteiger partial charge in [0.1, 0.15) is 0 Å². The maximum absolute atomic E-state index is 13.2. The zero-order valence-electron chi connectivity index (χ0n) is 17.9. The van der Waals surface area contributed by atoms with Crippen molar-refractivity contribution in [1.82, 2.24) is 14.5 Å². The molecule has 1 aliphatic heterocycles. The van der Waals surface area contributed by atoms with Gasteiger partial charge in [-0.2, -0.15) is 0 Å². The first kappa shape index (κ1) is 19.9. The van der Waals surface area contributed by atoms with Crippen molar-refractivity contribution in [3.8, 4) is 22.3 Å². The van der Waals surface area contributed by atoms with Crippen molar-refractivity contribution < 1.29 is 4.79 Å². The highest BCUT2D eigenvalue weighted by Crippen LogP contribution is 2.27. The molecule has 0 saturated carbocycles. The van der Waals surface area contributed by atoms with Crippen LogP contribution in [0.3, 0.4) is 0 Å². The van der Waals surface area contributed by atoms with Crippen LogP contribution in [0.1, 0.15) is 21.6 Å². The van der Waals surface area contributed by atoms with E-state index in [0.717, 1.165) is 27.9 Å². The molecule has 5 rings (SSSR count). The summed E-state index contributed by atoms with van der Waals surface area (Å²) >= 11 is 0. The first-order chi connectivity index (χ1) is 15.6. The molecule has 2 aromatic heterocycles. The van der Waals surface area contributed by atoms with Crippen molar-refractivity contribution in [2.75, 3.05) is 6.54 Å². The van der Waals surface area contributed by atoms with Gasteiger partial charge in [0.15, 0.2) is 0 Å². The minimum Gasteiger partial charge on any atom is -0.334 e. The molecule has 0 aliphatic carbocycles. The van der Waals surface area contributed by atoms with Gasteiger partial charge in [0.2, 0.25) is 0 Å². The van der Waals surface area contributed by atoms with Crippen molar-refractivity contribution in [2.24, 2.45) is 7.05 Å². The average Bonchev–Trinajstić information content (AvgIpc) is 2.86. The molecule has 0 atom stereocenters. The van der Waals surface area contributed by atoms with Gasteiger partial charge in [0.05, 0.1) is 0 Å². The van der Waals surface area contributed by atoms with Crippen LogP contribution in [0, 0.1) is 0 Å². The van der Waals surface area contributed by atoms with E-state index in [9.17, 15) is 9.59 Å². The maximum Gasteiger partial charge on any atom is 0.258 e. The molecule has 5 nitrogen and oxygen atoms in total. The number of aromatic nitrogens is 2. The molecule has 0 spiro atoms. The SMILES string of the molecule is Cn1c2c(cc(-c3cccc(-c4ccccc4)c3)c1=O)CN(C(=O)c1ccncc1)CC2. The summed E-state index contributed by atoms with van der Waals surface area (Å²) in [5, 5.41) is 0. The molecular formula is C27H23N3O2. The van der Waals surface area contributed by atoms with Crippen LogP contribution in [0.5, 0.6) is 0 Å². The van der Waals surface area contributed by atoms with Crippen LogP contribution in [-0.2, 0) is 20.0 Å². The molecule has 4 aromatic rings. The smallest absolute Gasteiger partial charge is 0.258 e. The van der Waals surface area contributed by atoms with Gasteiger partial charge < -0.3 is 9.47 Å². The van der Waals surface area contributed by atoms with E-state index in [1.807, 2.05) is 48.3 Å². The summed E-state index contributed by atoms with van der Waals surface area (Å²) in [5.41, 5.74) is 6.34. The van der Waals surface area contributed by atoms with Crippen molar-refractivity contribution in [2.45, 2.75) is 13.0 Å². The standard InChI is InChI=1S/C27H23N3O2/c1-29-25-12-15-30(26(31)20-10-13-28-14-11-20)18-23(25)17-24(27(29)32)22-9-5-8-21(16-22)19-6-3-2-4-7-19/h2-11,13-14,16-17H,12,15,18H2,1H3. The molecular weight excluding hydrogens is 398 g/mol. The predicted molar refractivity (Wildman–Crippen MR) is 125 cm³/mol. The number of hydrogen-bond donors (Lipinski definition) is 0. The second-order valence-electron chi connectivity index (χ2n) is 8.05. The summed E-state index contributed by atoms with van der Waals surface area (Å²) < 4.78 is 1.74. The van der Waals surface area contributed by atoms with Crippen LogP contribution in [0.4, 0.5) is 0 Å². The van der Waals surface area contributed by atoms with E-state index in [-0.39, 0.29) is 11.5 Å². The molecule has 1 amide bonds. The maximum atomic E-state index is 13.2. The molecule has 158 valence electrons. The number of fused-ring (bicyclic) bond motifs is 1. The van der Waals surface area contributed by atoms with E-state index in [2.05, 4.69) is 29.2 Å². The van der Waals surface area contributed by atoms with Crippen molar-refractivity contribution in [3.63, 3.8) is 0 Å². The van der Waals surface area contributed by atoms with Crippen LogP contribution in [0.15, 0.2) is 90.0 Å². The van der Waals surface area contributed by atoms with E-state index in [0.29, 0.717) is 30.6 Å². The van der Waals surface area contributed by atoms with Crippen LogP contribution in [0.25, 0.3) is 22.3 Å². The number of carbonyl (C=O) groups excluding carboxylic acids is 1. The Kier molecular flexibility index (Phi) is 5.15. The van der Waals surface area contributed by atoms with E-state index in [4.69, 9.17) is 0 Å². The fraction of sp³-hybridized carbons (Fsp3) is 0.148. The second kappa shape index (κ2) is 8.27. The molecule has 0 N–H and O–H groups in total. The first-order valence-electron chi connectivity index (χ1n) is 10.7. The Balaban J connectivity index is 1.52. The lowest BCUT2D eigenvalue weighted by Gasteiger charge is -2.30. The molecule has 3 heterocycles. The van der Waals surface area contributed by atoms with Crippen molar-refractivity contribution in [1.29, 1.82) is 0 Å². The van der Waals surface area contributed by atoms with Crippen LogP contribution in [-0.4, -0.2) is 26.9 Å². The molecule has 32 heavy (non-hydrogen) atoms. The van der Waals surface area contributed by atoms with Gasteiger partial charge in [-0.25, -0.2) is 0 Å².